The van der Waals surface area contributed by atoms with Crippen LogP contribution in [0.1, 0.15) is 39.2 Å². The van der Waals surface area contributed by atoms with E-state index >= 15 is 0 Å². The highest BCUT2D eigenvalue weighted by molar-refractivity contribution is 5.99. The van der Waals surface area contributed by atoms with E-state index in [1.807, 2.05) is 13.8 Å². The Morgan fingerprint density at radius 2 is 1.77 bits per heavy atom. The van der Waals surface area contributed by atoms with E-state index in [1.165, 1.54) is 19.2 Å². The van der Waals surface area contributed by atoms with Crippen LogP contribution in [-0.4, -0.2) is 25.7 Å². The highest BCUT2D eigenvalue weighted by atomic mass is 19.1. The van der Waals surface area contributed by atoms with Crippen LogP contribution in [0.4, 0.5) is 4.39 Å². The van der Waals surface area contributed by atoms with Gasteiger partial charge in [-0.2, -0.15) is 0 Å². The van der Waals surface area contributed by atoms with Gasteiger partial charge < -0.3 is 14.8 Å². The van der Waals surface area contributed by atoms with E-state index in [9.17, 15) is 14.0 Å². The van der Waals surface area contributed by atoms with Crippen molar-refractivity contribution in [1.29, 1.82) is 0 Å². The fraction of sp³-hybridized carbons (Fsp3) is 0.400. The van der Waals surface area contributed by atoms with Gasteiger partial charge in [-0.1, -0.05) is 26.0 Å². The summed E-state index contributed by atoms with van der Waals surface area (Å²) in [6.45, 7) is 7.57. The van der Waals surface area contributed by atoms with Crippen molar-refractivity contribution in [3.63, 3.8) is 0 Å². The lowest BCUT2D eigenvalue weighted by atomic mass is 9.78. The molecule has 0 radical (unpaired) electrons. The maximum atomic E-state index is 13.4. The smallest absolute Gasteiger partial charge is 0.336 e. The first-order chi connectivity index (χ1) is 12.3. The molecule has 1 aliphatic heterocycles. The molecule has 0 fully saturated rings. The summed E-state index contributed by atoms with van der Waals surface area (Å²) in [5.41, 5.74) is 2.56. The molecular formula is C20H24FNO4. The van der Waals surface area contributed by atoms with Crippen LogP contribution in [0, 0.1) is 11.7 Å². The molecule has 0 spiro atoms. The predicted molar refractivity (Wildman–Crippen MR) is 95.5 cm³/mol. The van der Waals surface area contributed by atoms with Crippen molar-refractivity contribution in [1.82, 2.24) is 5.32 Å². The molecule has 0 amide bonds. The summed E-state index contributed by atoms with van der Waals surface area (Å²) in [6.07, 6.45) is 0. The molecule has 0 aromatic heterocycles. The Morgan fingerprint density at radius 1 is 1.15 bits per heavy atom. The second kappa shape index (κ2) is 8.17. The fourth-order valence-corrected chi connectivity index (χ4v) is 3.11. The summed E-state index contributed by atoms with van der Waals surface area (Å²) in [7, 11) is 1.29. The van der Waals surface area contributed by atoms with Crippen molar-refractivity contribution < 1.29 is 23.5 Å². The minimum atomic E-state index is -0.694. The molecule has 1 N–H and O–H groups in total. The van der Waals surface area contributed by atoms with E-state index in [0.29, 0.717) is 28.1 Å². The summed E-state index contributed by atoms with van der Waals surface area (Å²) in [6, 6.07) is 5.75. The molecule has 0 bridgehead atoms. The molecule has 1 aliphatic rings. The van der Waals surface area contributed by atoms with Gasteiger partial charge in [0, 0.05) is 11.4 Å². The summed E-state index contributed by atoms with van der Waals surface area (Å²) in [4.78, 5) is 25.2. The summed E-state index contributed by atoms with van der Waals surface area (Å²) >= 11 is 0. The third-order valence-corrected chi connectivity index (χ3v) is 4.28. The van der Waals surface area contributed by atoms with Gasteiger partial charge in [0.05, 0.1) is 30.8 Å². The number of carbonyl (C=O) groups is 2. The molecule has 1 aromatic rings. The Labute approximate surface area is 152 Å². The number of carbonyl (C=O) groups excluding carboxylic acids is 2. The van der Waals surface area contributed by atoms with Crippen LogP contribution < -0.4 is 5.32 Å². The monoisotopic (exact) mass is 361 g/mol. The maximum Gasteiger partial charge on any atom is 0.336 e. The van der Waals surface area contributed by atoms with Crippen LogP contribution >= 0.6 is 0 Å². The Morgan fingerprint density at radius 3 is 2.27 bits per heavy atom. The first-order valence-corrected chi connectivity index (χ1v) is 8.54. The van der Waals surface area contributed by atoms with Crippen LogP contribution in [0.5, 0.6) is 0 Å². The Bertz CT molecular complexity index is 763. The molecule has 1 aromatic carbocycles. The van der Waals surface area contributed by atoms with Gasteiger partial charge in [-0.15, -0.1) is 0 Å². The van der Waals surface area contributed by atoms with E-state index < -0.39 is 23.7 Å². The Hall–Kier alpha value is -2.63. The topological polar surface area (TPSA) is 64.6 Å². The highest BCUT2D eigenvalue weighted by Gasteiger charge is 2.39. The second-order valence-electron chi connectivity index (χ2n) is 6.34. The van der Waals surface area contributed by atoms with Gasteiger partial charge in [0.25, 0.3) is 0 Å². The zero-order chi connectivity index (χ0) is 19.4. The van der Waals surface area contributed by atoms with Crippen molar-refractivity contribution in [2.24, 2.45) is 5.92 Å². The van der Waals surface area contributed by atoms with E-state index in [4.69, 9.17) is 9.47 Å². The number of dihydropyridines is 1. The first-order valence-electron chi connectivity index (χ1n) is 8.54. The number of allylic oxidation sites excluding steroid dienone is 2. The first kappa shape index (κ1) is 19.7. The molecule has 2 rings (SSSR count). The van der Waals surface area contributed by atoms with Crippen molar-refractivity contribution >= 4 is 11.9 Å². The molecule has 0 saturated carbocycles. The predicted octanol–water partition coefficient (Wildman–Crippen LogP) is 3.43. The van der Waals surface area contributed by atoms with Crippen LogP contribution in [0.2, 0.25) is 0 Å². The summed E-state index contributed by atoms with van der Waals surface area (Å²) in [5.74, 6) is -2.15. The zero-order valence-electron chi connectivity index (χ0n) is 15.7. The molecule has 140 valence electrons. The molecular weight excluding hydrogens is 337 g/mol. The van der Waals surface area contributed by atoms with Gasteiger partial charge in [0.15, 0.2) is 0 Å². The molecule has 26 heavy (non-hydrogen) atoms. The average molecular weight is 361 g/mol. The van der Waals surface area contributed by atoms with Crippen LogP contribution in [-0.2, 0) is 19.1 Å². The van der Waals surface area contributed by atoms with E-state index in [-0.39, 0.29) is 12.5 Å². The molecule has 0 saturated heterocycles. The molecule has 5 nitrogen and oxygen atoms in total. The molecule has 1 unspecified atom stereocenters. The van der Waals surface area contributed by atoms with Gasteiger partial charge in [0.1, 0.15) is 5.82 Å². The SMILES string of the molecule is CCOC(=O)C1=C(C(C)C)NC(C)=C(C(=O)OC)C1c1ccc(F)cc1. The largest absolute Gasteiger partial charge is 0.466 e. The second-order valence-corrected chi connectivity index (χ2v) is 6.34. The standard InChI is InChI=1S/C20H24FNO4/c1-6-26-20(24)17-16(13-7-9-14(21)10-8-13)15(19(23)25-5)12(4)22-18(17)11(2)3/h7-11,16,22H,6H2,1-5H3. The number of benzene rings is 1. The number of hydrogen-bond donors (Lipinski definition) is 1. The molecule has 1 atom stereocenters. The zero-order valence-corrected chi connectivity index (χ0v) is 15.7. The number of esters is 2. The van der Waals surface area contributed by atoms with Gasteiger partial charge in [0.2, 0.25) is 0 Å². The van der Waals surface area contributed by atoms with Crippen molar-refractivity contribution in [2.75, 3.05) is 13.7 Å². The third-order valence-electron chi connectivity index (χ3n) is 4.28. The van der Waals surface area contributed by atoms with E-state index in [0.717, 1.165) is 0 Å². The number of halogens is 1. The normalized spacial score (nSPS) is 17.3. The molecule has 6 heteroatoms. The van der Waals surface area contributed by atoms with Gasteiger partial charge in [-0.05, 0) is 37.5 Å². The third kappa shape index (κ3) is 3.79. The van der Waals surface area contributed by atoms with Gasteiger partial charge in [-0.3, -0.25) is 0 Å². The minimum Gasteiger partial charge on any atom is -0.466 e. The van der Waals surface area contributed by atoms with Gasteiger partial charge >= 0.3 is 11.9 Å². The summed E-state index contributed by atoms with van der Waals surface area (Å²) in [5, 5.41) is 3.17. The average Bonchev–Trinajstić information content (AvgIpc) is 2.60. The highest BCUT2D eigenvalue weighted by Crippen LogP contribution is 2.40. The van der Waals surface area contributed by atoms with Crippen molar-refractivity contribution in [2.45, 2.75) is 33.6 Å². The Kier molecular flexibility index (Phi) is 6.18. The lowest BCUT2D eigenvalue weighted by Gasteiger charge is -2.32. The maximum absolute atomic E-state index is 13.4. The number of ether oxygens (including phenoxy) is 2. The number of rotatable bonds is 5. The fourth-order valence-electron chi connectivity index (χ4n) is 3.11. The molecule has 1 heterocycles. The lowest BCUT2D eigenvalue weighted by molar-refractivity contribution is -0.139. The van der Waals surface area contributed by atoms with Crippen LogP contribution in [0.3, 0.4) is 0 Å². The molecule has 0 aliphatic carbocycles. The number of methoxy groups -OCH3 is 1. The van der Waals surface area contributed by atoms with Crippen LogP contribution in [0.25, 0.3) is 0 Å². The van der Waals surface area contributed by atoms with Crippen LogP contribution in [0.15, 0.2) is 46.8 Å². The lowest BCUT2D eigenvalue weighted by Crippen LogP contribution is -2.34. The quantitative estimate of drug-likeness (QED) is 0.814. The number of hydrogen-bond acceptors (Lipinski definition) is 5. The summed E-state index contributed by atoms with van der Waals surface area (Å²) < 4.78 is 23.6. The van der Waals surface area contributed by atoms with Crippen molar-refractivity contribution in [3.05, 3.63) is 58.2 Å². The Balaban J connectivity index is 2.73. The minimum absolute atomic E-state index is 0.00787. The van der Waals surface area contributed by atoms with E-state index in [2.05, 4.69) is 5.32 Å². The van der Waals surface area contributed by atoms with Crippen molar-refractivity contribution in [3.8, 4) is 0 Å². The number of nitrogens with one attached hydrogen (secondary N) is 1. The van der Waals surface area contributed by atoms with Gasteiger partial charge in [-0.25, -0.2) is 14.0 Å². The van der Waals surface area contributed by atoms with E-state index in [1.54, 1.807) is 26.0 Å².